The highest BCUT2D eigenvalue weighted by Crippen LogP contribution is 2.36. The van der Waals surface area contributed by atoms with E-state index in [0.29, 0.717) is 13.2 Å². The van der Waals surface area contributed by atoms with Gasteiger partial charge in [-0.05, 0) is 25.7 Å². The lowest BCUT2D eigenvalue weighted by molar-refractivity contribution is -0.149. The molecule has 0 aromatic heterocycles. The summed E-state index contributed by atoms with van der Waals surface area (Å²) in [6, 6.07) is 0. The van der Waals surface area contributed by atoms with Crippen molar-refractivity contribution in [2.24, 2.45) is 5.92 Å². The minimum absolute atomic E-state index is 0.147. The Balaban J connectivity index is 1.66. The second kappa shape index (κ2) is 6.55. The fraction of sp³-hybridized carbons (Fsp3) is 0.933. The van der Waals surface area contributed by atoms with Gasteiger partial charge in [0.25, 0.3) is 0 Å². The molecule has 2 rings (SSSR count). The van der Waals surface area contributed by atoms with Gasteiger partial charge in [0.05, 0.1) is 13.2 Å². The number of ether oxygens (including phenoxy) is 2. The highest BCUT2D eigenvalue weighted by molar-refractivity contribution is 5.82. The summed E-state index contributed by atoms with van der Waals surface area (Å²) in [6.07, 6.45) is 11.6. The fourth-order valence-corrected chi connectivity index (χ4v) is 3.04. The molecule has 0 N–H and O–H groups in total. The number of carbonyl (C=O) groups excluding carboxylic acids is 1. The molecule has 0 aromatic rings. The maximum absolute atomic E-state index is 11.7. The first-order valence-corrected chi connectivity index (χ1v) is 7.58. The van der Waals surface area contributed by atoms with Crippen LogP contribution in [-0.4, -0.2) is 24.8 Å². The van der Waals surface area contributed by atoms with Crippen LogP contribution in [0.5, 0.6) is 0 Å². The molecule has 1 aliphatic carbocycles. The van der Waals surface area contributed by atoms with Gasteiger partial charge in [0.15, 0.2) is 5.60 Å². The van der Waals surface area contributed by atoms with Crippen molar-refractivity contribution in [3.8, 4) is 0 Å². The van der Waals surface area contributed by atoms with Gasteiger partial charge in [0, 0.05) is 0 Å². The summed E-state index contributed by atoms with van der Waals surface area (Å²) < 4.78 is 10.4. The molecule has 3 heteroatoms. The minimum Gasteiger partial charge on any atom is -0.464 e. The molecule has 1 saturated heterocycles. The van der Waals surface area contributed by atoms with Crippen LogP contribution in [0.15, 0.2) is 0 Å². The number of esters is 1. The molecule has 1 atom stereocenters. The number of carbonyl (C=O) groups is 1. The van der Waals surface area contributed by atoms with E-state index in [1.807, 2.05) is 6.92 Å². The zero-order valence-corrected chi connectivity index (χ0v) is 11.6. The fourth-order valence-electron chi connectivity index (χ4n) is 3.04. The van der Waals surface area contributed by atoms with Crippen molar-refractivity contribution >= 4 is 5.97 Å². The van der Waals surface area contributed by atoms with Crippen LogP contribution in [0.3, 0.4) is 0 Å². The molecule has 0 amide bonds. The molecule has 104 valence electrons. The molecule has 0 bridgehead atoms. The summed E-state index contributed by atoms with van der Waals surface area (Å²) in [5.74, 6) is 0.733. The lowest BCUT2D eigenvalue weighted by atomic mass is 9.92. The Morgan fingerprint density at radius 1 is 1.28 bits per heavy atom. The Hall–Kier alpha value is -0.570. The predicted molar refractivity (Wildman–Crippen MR) is 70.4 cm³/mol. The first-order valence-electron chi connectivity index (χ1n) is 7.58. The minimum atomic E-state index is -0.555. The van der Waals surface area contributed by atoms with Crippen LogP contribution in [0.25, 0.3) is 0 Å². The second-order valence-electron chi connectivity index (χ2n) is 5.75. The molecule has 0 spiro atoms. The van der Waals surface area contributed by atoms with Crippen molar-refractivity contribution in [3.05, 3.63) is 0 Å². The van der Waals surface area contributed by atoms with Crippen LogP contribution >= 0.6 is 0 Å². The van der Waals surface area contributed by atoms with Gasteiger partial charge in [-0.2, -0.15) is 0 Å². The molecule has 0 aromatic carbocycles. The molecule has 1 heterocycles. The highest BCUT2D eigenvalue weighted by Gasteiger charge is 2.53. The SMILES string of the molecule is CCOC(=O)C1(CCCC2CCCCCC2)CO1. The first kappa shape index (κ1) is 13.9. The maximum atomic E-state index is 11.7. The molecule has 2 fully saturated rings. The van der Waals surface area contributed by atoms with E-state index in [1.165, 1.54) is 44.9 Å². The molecule has 1 aliphatic heterocycles. The van der Waals surface area contributed by atoms with E-state index in [1.54, 1.807) is 0 Å². The Kier molecular flexibility index (Phi) is 5.04. The van der Waals surface area contributed by atoms with Gasteiger partial charge < -0.3 is 9.47 Å². The van der Waals surface area contributed by atoms with E-state index in [9.17, 15) is 4.79 Å². The van der Waals surface area contributed by atoms with Crippen LogP contribution in [0.4, 0.5) is 0 Å². The van der Waals surface area contributed by atoms with Gasteiger partial charge >= 0.3 is 5.97 Å². The van der Waals surface area contributed by atoms with E-state index in [2.05, 4.69) is 0 Å². The average Bonchev–Trinajstić information content (AvgIpc) is 3.15. The van der Waals surface area contributed by atoms with Gasteiger partial charge in [0.2, 0.25) is 0 Å². The van der Waals surface area contributed by atoms with Crippen LogP contribution < -0.4 is 0 Å². The summed E-state index contributed by atoms with van der Waals surface area (Å²) in [7, 11) is 0. The topological polar surface area (TPSA) is 38.8 Å². The normalized spacial score (nSPS) is 28.7. The Bertz CT molecular complexity index is 263. The highest BCUT2D eigenvalue weighted by atomic mass is 16.6. The Labute approximate surface area is 110 Å². The smallest absolute Gasteiger partial charge is 0.340 e. The number of hydrogen-bond acceptors (Lipinski definition) is 3. The monoisotopic (exact) mass is 254 g/mol. The quantitative estimate of drug-likeness (QED) is 0.414. The third-order valence-corrected chi connectivity index (χ3v) is 4.31. The van der Waals surface area contributed by atoms with Crippen molar-refractivity contribution in [2.45, 2.75) is 70.3 Å². The van der Waals surface area contributed by atoms with E-state index >= 15 is 0 Å². The number of epoxide rings is 1. The van der Waals surface area contributed by atoms with Crippen LogP contribution in [0.1, 0.15) is 64.7 Å². The van der Waals surface area contributed by atoms with Crippen molar-refractivity contribution in [1.82, 2.24) is 0 Å². The largest absolute Gasteiger partial charge is 0.464 e. The van der Waals surface area contributed by atoms with Gasteiger partial charge in [-0.3, -0.25) is 0 Å². The van der Waals surface area contributed by atoms with Crippen molar-refractivity contribution in [1.29, 1.82) is 0 Å². The second-order valence-corrected chi connectivity index (χ2v) is 5.75. The lowest BCUT2D eigenvalue weighted by Gasteiger charge is -2.15. The van der Waals surface area contributed by atoms with E-state index in [0.717, 1.165) is 18.8 Å². The molecular formula is C15H26O3. The molecule has 2 aliphatic rings. The van der Waals surface area contributed by atoms with Crippen molar-refractivity contribution < 1.29 is 14.3 Å². The van der Waals surface area contributed by atoms with E-state index in [-0.39, 0.29) is 5.97 Å². The van der Waals surface area contributed by atoms with Crippen LogP contribution in [0.2, 0.25) is 0 Å². The van der Waals surface area contributed by atoms with Gasteiger partial charge in [0.1, 0.15) is 0 Å². The molecular weight excluding hydrogens is 228 g/mol. The number of rotatable bonds is 6. The lowest BCUT2D eigenvalue weighted by Crippen LogP contribution is -2.27. The van der Waals surface area contributed by atoms with Crippen molar-refractivity contribution in [2.75, 3.05) is 13.2 Å². The third kappa shape index (κ3) is 3.71. The summed E-state index contributed by atoms with van der Waals surface area (Å²) in [5, 5.41) is 0. The predicted octanol–water partition coefficient (Wildman–Crippen LogP) is 3.46. The van der Waals surface area contributed by atoms with Gasteiger partial charge in [-0.15, -0.1) is 0 Å². The van der Waals surface area contributed by atoms with E-state index in [4.69, 9.17) is 9.47 Å². The summed E-state index contributed by atoms with van der Waals surface area (Å²) in [6.45, 7) is 2.86. The molecule has 18 heavy (non-hydrogen) atoms. The molecule has 0 radical (unpaired) electrons. The Morgan fingerprint density at radius 3 is 2.50 bits per heavy atom. The standard InChI is InChI=1S/C15H26O3/c1-2-17-14(16)15(12-18-15)11-7-10-13-8-5-3-4-6-9-13/h13H,2-12H2,1H3. The van der Waals surface area contributed by atoms with Crippen molar-refractivity contribution in [3.63, 3.8) is 0 Å². The Morgan fingerprint density at radius 2 is 1.94 bits per heavy atom. The molecule has 3 nitrogen and oxygen atoms in total. The van der Waals surface area contributed by atoms with Gasteiger partial charge in [-0.1, -0.05) is 44.9 Å². The van der Waals surface area contributed by atoms with Gasteiger partial charge in [-0.25, -0.2) is 4.79 Å². The summed E-state index contributed by atoms with van der Waals surface area (Å²) in [5.41, 5.74) is -0.555. The van der Waals surface area contributed by atoms with E-state index < -0.39 is 5.60 Å². The number of hydrogen-bond donors (Lipinski definition) is 0. The zero-order valence-electron chi connectivity index (χ0n) is 11.6. The molecule has 1 unspecified atom stereocenters. The zero-order chi connectivity index (χ0) is 12.8. The first-order chi connectivity index (χ1) is 8.77. The van der Waals surface area contributed by atoms with Crippen LogP contribution in [-0.2, 0) is 14.3 Å². The average molecular weight is 254 g/mol. The van der Waals surface area contributed by atoms with Crippen LogP contribution in [0, 0.1) is 5.92 Å². The summed E-state index contributed by atoms with van der Waals surface area (Å²) in [4.78, 5) is 11.7. The summed E-state index contributed by atoms with van der Waals surface area (Å²) >= 11 is 0. The molecule has 1 saturated carbocycles. The third-order valence-electron chi connectivity index (χ3n) is 4.31. The maximum Gasteiger partial charge on any atom is 0.340 e.